The molecule has 0 aliphatic carbocycles. The lowest BCUT2D eigenvalue weighted by atomic mass is 10.1. The van der Waals surface area contributed by atoms with E-state index < -0.39 is 4.92 Å². The molecular formula is C19H21ClN2O5. The van der Waals surface area contributed by atoms with E-state index in [1.807, 2.05) is 19.9 Å². The molecule has 0 radical (unpaired) electrons. The number of ether oxygens (including phenoxy) is 2. The Bertz CT molecular complexity index is 871. The lowest BCUT2D eigenvalue weighted by molar-refractivity contribution is -0.384. The van der Waals surface area contributed by atoms with Gasteiger partial charge >= 0.3 is 0 Å². The molecule has 2 aromatic rings. The van der Waals surface area contributed by atoms with Gasteiger partial charge in [-0.2, -0.15) is 0 Å². The second-order valence-corrected chi connectivity index (χ2v) is 7.02. The van der Waals surface area contributed by atoms with Crippen LogP contribution in [-0.4, -0.2) is 34.6 Å². The van der Waals surface area contributed by atoms with Crippen LogP contribution >= 0.6 is 11.6 Å². The molecule has 1 aliphatic rings. The zero-order chi connectivity index (χ0) is 19.6. The average Bonchev–Trinajstić information content (AvgIpc) is 3.24. The summed E-state index contributed by atoms with van der Waals surface area (Å²) in [6.07, 6.45) is 2.29. The number of aromatic nitrogens is 1. The third-order valence-electron chi connectivity index (χ3n) is 4.77. The minimum absolute atomic E-state index is 0.0980. The third-order valence-corrected chi connectivity index (χ3v) is 5.06. The van der Waals surface area contributed by atoms with Crippen LogP contribution in [0.4, 0.5) is 5.69 Å². The van der Waals surface area contributed by atoms with E-state index in [2.05, 4.69) is 4.57 Å². The Hall–Kier alpha value is -2.38. The molecule has 1 saturated heterocycles. The fourth-order valence-corrected chi connectivity index (χ4v) is 3.53. The number of nitrogens with zero attached hydrogens (tertiary/aromatic N) is 2. The lowest BCUT2D eigenvalue weighted by Crippen LogP contribution is -2.18. The van der Waals surface area contributed by atoms with Gasteiger partial charge in [-0.25, -0.2) is 0 Å². The van der Waals surface area contributed by atoms with Crippen LogP contribution in [0.15, 0.2) is 24.3 Å². The Morgan fingerprint density at radius 1 is 1.41 bits per heavy atom. The molecule has 8 heteroatoms. The Morgan fingerprint density at radius 2 is 2.19 bits per heavy atom. The molecule has 0 spiro atoms. The first-order chi connectivity index (χ1) is 12.9. The molecule has 2 heterocycles. The number of Topliss-reactive ketones (excluding diaryl/α,β-unsaturated/α-hetero) is 1. The van der Waals surface area contributed by atoms with Crippen molar-refractivity contribution in [3.63, 3.8) is 0 Å². The van der Waals surface area contributed by atoms with Crippen molar-refractivity contribution in [3.8, 4) is 5.75 Å². The van der Waals surface area contributed by atoms with Crippen LogP contribution in [0, 0.1) is 24.0 Å². The molecule has 144 valence electrons. The number of halogens is 1. The molecule has 27 heavy (non-hydrogen) atoms. The minimum atomic E-state index is -0.538. The highest BCUT2D eigenvalue weighted by molar-refractivity contribution is 6.32. The second kappa shape index (κ2) is 8.10. The highest BCUT2D eigenvalue weighted by Gasteiger charge is 2.21. The van der Waals surface area contributed by atoms with Crippen molar-refractivity contribution < 1.29 is 19.2 Å². The topological polar surface area (TPSA) is 83.6 Å². The summed E-state index contributed by atoms with van der Waals surface area (Å²) in [5, 5.41) is 10.8. The van der Waals surface area contributed by atoms with Crippen LogP contribution in [0.3, 0.4) is 0 Å². The summed E-state index contributed by atoms with van der Waals surface area (Å²) in [4.78, 5) is 22.8. The normalized spacial score (nSPS) is 16.5. The first-order valence-corrected chi connectivity index (χ1v) is 9.13. The SMILES string of the molecule is Cc1cc(C(=O)COc2ccc([N+](=O)[O-])cc2Cl)c(C)n1C[C@@H]1CCCO1. The Kier molecular flexibility index (Phi) is 5.82. The van der Waals surface area contributed by atoms with Gasteiger partial charge in [0.05, 0.1) is 16.0 Å². The fraction of sp³-hybridized carbons (Fsp3) is 0.421. The molecule has 3 rings (SSSR count). The van der Waals surface area contributed by atoms with Gasteiger partial charge < -0.3 is 14.0 Å². The number of carbonyl (C=O) groups is 1. The van der Waals surface area contributed by atoms with Gasteiger partial charge in [-0.05, 0) is 38.8 Å². The van der Waals surface area contributed by atoms with Crippen molar-refractivity contribution in [2.24, 2.45) is 0 Å². The maximum atomic E-state index is 12.6. The predicted octanol–water partition coefficient (Wildman–Crippen LogP) is 4.11. The summed E-state index contributed by atoms with van der Waals surface area (Å²) in [5.41, 5.74) is 2.35. The molecular weight excluding hydrogens is 372 g/mol. The van der Waals surface area contributed by atoms with Crippen LogP contribution in [-0.2, 0) is 11.3 Å². The van der Waals surface area contributed by atoms with E-state index in [4.69, 9.17) is 21.1 Å². The minimum Gasteiger partial charge on any atom is -0.484 e. The monoisotopic (exact) mass is 392 g/mol. The Balaban J connectivity index is 1.68. The van der Waals surface area contributed by atoms with E-state index in [0.717, 1.165) is 37.4 Å². The predicted molar refractivity (Wildman–Crippen MR) is 101 cm³/mol. The Labute approximate surface area is 162 Å². The van der Waals surface area contributed by atoms with Crippen LogP contribution in [0.1, 0.15) is 34.6 Å². The maximum Gasteiger partial charge on any atom is 0.271 e. The molecule has 1 aliphatic heterocycles. The summed E-state index contributed by atoms with van der Waals surface area (Å²) >= 11 is 6.00. The quantitative estimate of drug-likeness (QED) is 0.402. The highest BCUT2D eigenvalue weighted by Crippen LogP contribution is 2.29. The van der Waals surface area contributed by atoms with Gasteiger partial charge in [0.2, 0.25) is 5.78 Å². The number of hydrogen-bond acceptors (Lipinski definition) is 5. The van der Waals surface area contributed by atoms with Gasteiger partial charge in [0, 0.05) is 42.2 Å². The molecule has 0 N–H and O–H groups in total. The standard InChI is InChI=1S/C19H21ClN2O5/c1-12-8-16(13(2)21(12)10-15-4-3-7-26-15)18(23)11-27-19-6-5-14(22(24)25)9-17(19)20/h5-6,8-9,15H,3-4,7,10-11H2,1-2H3/t15-/m0/s1. The number of nitro groups is 1. The van der Waals surface area contributed by atoms with E-state index in [-0.39, 0.29) is 35.0 Å². The van der Waals surface area contributed by atoms with Gasteiger partial charge in [-0.1, -0.05) is 11.6 Å². The molecule has 0 bridgehead atoms. The molecule has 0 saturated carbocycles. The number of benzene rings is 1. The smallest absolute Gasteiger partial charge is 0.271 e. The van der Waals surface area contributed by atoms with Crippen LogP contribution in [0.25, 0.3) is 0 Å². The van der Waals surface area contributed by atoms with E-state index >= 15 is 0 Å². The van der Waals surface area contributed by atoms with Crippen LogP contribution in [0.5, 0.6) is 5.75 Å². The van der Waals surface area contributed by atoms with E-state index in [0.29, 0.717) is 5.56 Å². The number of hydrogen-bond donors (Lipinski definition) is 0. The van der Waals surface area contributed by atoms with Crippen molar-refractivity contribution in [1.82, 2.24) is 4.57 Å². The number of nitro benzene ring substituents is 1. The van der Waals surface area contributed by atoms with E-state index in [9.17, 15) is 14.9 Å². The van der Waals surface area contributed by atoms with E-state index in [1.165, 1.54) is 18.2 Å². The van der Waals surface area contributed by atoms with Gasteiger partial charge in [-0.3, -0.25) is 14.9 Å². The summed E-state index contributed by atoms with van der Waals surface area (Å²) in [6, 6.07) is 5.75. The number of aryl methyl sites for hydroxylation is 1. The summed E-state index contributed by atoms with van der Waals surface area (Å²) in [5.74, 6) is 0.0693. The van der Waals surface area contributed by atoms with Crippen LogP contribution < -0.4 is 4.74 Å². The molecule has 1 aromatic heterocycles. The van der Waals surface area contributed by atoms with Gasteiger partial charge in [-0.15, -0.1) is 0 Å². The fourth-order valence-electron chi connectivity index (χ4n) is 3.30. The molecule has 0 amide bonds. The van der Waals surface area contributed by atoms with E-state index in [1.54, 1.807) is 0 Å². The van der Waals surface area contributed by atoms with Crippen LogP contribution in [0.2, 0.25) is 5.02 Å². The first-order valence-electron chi connectivity index (χ1n) is 8.75. The van der Waals surface area contributed by atoms with Crippen molar-refractivity contribution in [1.29, 1.82) is 0 Å². The number of rotatable bonds is 7. The largest absolute Gasteiger partial charge is 0.484 e. The Morgan fingerprint density at radius 3 is 2.81 bits per heavy atom. The number of carbonyl (C=O) groups excluding carboxylic acids is 1. The summed E-state index contributed by atoms with van der Waals surface area (Å²) < 4.78 is 13.3. The van der Waals surface area contributed by atoms with Gasteiger partial charge in [0.15, 0.2) is 6.61 Å². The number of ketones is 1. The van der Waals surface area contributed by atoms with Gasteiger partial charge in [0.25, 0.3) is 5.69 Å². The van der Waals surface area contributed by atoms with Crippen molar-refractivity contribution in [2.45, 2.75) is 39.3 Å². The third kappa shape index (κ3) is 4.31. The van der Waals surface area contributed by atoms with Gasteiger partial charge in [0.1, 0.15) is 5.75 Å². The van der Waals surface area contributed by atoms with Crippen molar-refractivity contribution in [3.05, 3.63) is 56.4 Å². The zero-order valence-corrected chi connectivity index (χ0v) is 16.0. The second-order valence-electron chi connectivity index (χ2n) is 6.61. The summed E-state index contributed by atoms with van der Waals surface area (Å²) in [6.45, 7) is 5.21. The average molecular weight is 393 g/mol. The number of non-ortho nitro benzene ring substituents is 1. The first kappa shape index (κ1) is 19.4. The molecule has 7 nitrogen and oxygen atoms in total. The van der Waals surface area contributed by atoms with Crippen molar-refractivity contribution in [2.75, 3.05) is 13.2 Å². The molecule has 1 aromatic carbocycles. The summed E-state index contributed by atoms with van der Waals surface area (Å²) in [7, 11) is 0. The highest BCUT2D eigenvalue weighted by atomic mass is 35.5. The molecule has 0 unspecified atom stereocenters. The van der Waals surface area contributed by atoms with Crippen molar-refractivity contribution >= 4 is 23.1 Å². The maximum absolute atomic E-state index is 12.6. The zero-order valence-electron chi connectivity index (χ0n) is 15.2. The molecule has 1 fully saturated rings. The lowest BCUT2D eigenvalue weighted by Gasteiger charge is -2.15. The molecule has 1 atom stereocenters.